The van der Waals surface area contributed by atoms with Crippen molar-refractivity contribution in [2.45, 2.75) is 26.2 Å². The van der Waals surface area contributed by atoms with Gasteiger partial charge in [0.25, 0.3) is 0 Å². The van der Waals surface area contributed by atoms with E-state index in [9.17, 15) is 4.79 Å². The first-order valence-corrected chi connectivity index (χ1v) is 6.95. The van der Waals surface area contributed by atoms with Gasteiger partial charge in [0.1, 0.15) is 5.69 Å². The van der Waals surface area contributed by atoms with Crippen LogP contribution in [-0.4, -0.2) is 21.3 Å². The van der Waals surface area contributed by atoms with Crippen LogP contribution in [0.3, 0.4) is 0 Å². The number of hydrogen-bond donors (Lipinski definition) is 2. The number of nitrogens with zero attached hydrogens (tertiary/aromatic N) is 1. The van der Waals surface area contributed by atoms with Crippen LogP contribution < -0.4 is 0 Å². The fourth-order valence-corrected chi connectivity index (χ4v) is 2.46. The predicted octanol–water partition coefficient (Wildman–Crippen LogP) is 3.42. The highest BCUT2D eigenvalue weighted by Crippen LogP contribution is 2.29. The van der Waals surface area contributed by atoms with Crippen LogP contribution in [0.4, 0.5) is 0 Å². The maximum Gasteiger partial charge on any atom is 0.303 e. The maximum absolute atomic E-state index is 10.6. The topological polar surface area (TPSA) is 66.0 Å². The Balaban J connectivity index is 2.22. The molecule has 0 aliphatic carbocycles. The highest BCUT2D eigenvalue weighted by molar-refractivity contribution is 9.10. The molecule has 0 saturated carbocycles. The lowest BCUT2D eigenvalue weighted by Gasteiger charge is -2.00. The van der Waals surface area contributed by atoms with Crippen molar-refractivity contribution in [3.05, 3.63) is 40.0 Å². The summed E-state index contributed by atoms with van der Waals surface area (Å²) >= 11 is 3.49. The quantitative estimate of drug-likeness (QED) is 0.886. The van der Waals surface area contributed by atoms with Crippen molar-refractivity contribution in [1.29, 1.82) is 0 Å². The van der Waals surface area contributed by atoms with E-state index in [2.05, 4.69) is 45.2 Å². The number of rotatable bonds is 5. The fourth-order valence-electron chi connectivity index (χ4n) is 1.85. The second-order valence-electron chi connectivity index (χ2n) is 4.31. The van der Waals surface area contributed by atoms with Crippen molar-refractivity contribution >= 4 is 21.9 Å². The highest BCUT2D eigenvalue weighted by atomic mass is 79.9. The van der Waals surface area contributed by atoms with Crippen LogP contribution in [0.2, 0.25) is 0 Å². The van der Waals surface area contributed by atoms with Crippen molar-refractivity contribution in [1.82, 2.24) is 10.2 Å². The third kappa shape index (κ3) is 3.23. The number of benzene rings is 1. The second-order valence-corrected chi connectivity index (χ2v) is 5.10. The van der Waals surface area contributed by atoms with Crippen molar-refractivity contribution in [2.24, 2.45) is 0 Å². The van der Waals surface area contributed by atoms with E-state index in [1.54, 1.807) is 0 Å². The molecule has 0 aliphatic rings. The number of aryl methyl sites for hydroxylation is 2. The van der Waals surface area contributed by atoms with Gasteiger partial charge in [-0.2, -0.15) is 5.10 Å². The number of aromatic nitrogens is 2. The van der Waals surface area contributed by atoms with Gasteiger partial charge in [-0.25, -0.2) is 0 Å². The number of H-pyrrole nitrogens is 1. The molecule has 100 valence electrons. The molecule has 4 nitrogen and oxygen atoms in total. The molecule has 0 unspecified atom stereocenters. The summed E-state index contributed by atoms with van der Waals surface area (Å²) in [4.78, 5) is 10.6. The first-order valence-electron chi connectivity index (χ1n) is 6.15. The van der Waals surface area contributed by atoms with Crippen LogP contribution in [0.1, 0.15) is 24.6 Å². The molecule has 0 saturated heterocycles. The molecule has 5 heteroatoms. The Labute approximate surface area is 120 Å². The average molecular weight is 323 g/mol. The van der Waals surface area contributed by atoms with Gasteiger partial charge < -0.3 is 5.11 Å². The molecule has 1 aromatic heterocycles. The Morgan fingerprint density at radius 2 is 2.05 bits per heavy atom. The lowest BCUT2D eigenvalue weighted by molar-refractivity contribution is -0.136. The van der Waals surface area contributed by atoms with Gasteiger partial charge in [-0.05, 0) is 27.9 Å². The average Bonchev–Trinajstić information content (AvgIpc) is 2.78. The summed E-state index contributed by atoms with van der Waals surface area (Å²) in [7, 11) is 0. The highest BCUT2D eigenvalue weighted by Gasteiger charge is 2.13. The number of aliphatic carboxylic acids is 1. The van der Waals surface area contributed by atoms with E-state index in [0.29, 0.717) is 6.42 Å². The van der Waals surface area contributed by atoms with E-state index in [4.69, 9.17) is 5.11 Å². The van der Waals surface area contributed by atoms with E-state index in [1.807, 2.05) is 12.1 Å². The molecule has 0 bridgehead atoms. The third-order valence-electron chi connectivity index (χ3n) is 3.00. The summed E-state index contributed by atoms with van der Waals surface area (Å²) in [5.41, 5.74) is 3.93. The van der Waals surface area contributed by atoms with E-state index in [0.717, 1.165) is 27.8 Å². The summed E-state index contributed by atoms with van der Waals surface area (Å²) in [6.45, 7) is 2.11. The zero-order valence-corrected chi connectivity index (χ0v) is 12.2. The van der Waals surface area contributed by atoms with Gasteiger partial charge in [0.05, 0.1) is 16.6 Å². The van der Waals surface area contributed by atoms with Crippen LogP contribution >= 0.6 is 15.9 Å². The van der Waals surface area contributed by atoms with E-state index < -0.39 is 5.97 Å². The van der Waals surface area contributed by atoms with Gasteiger partial charge in [0, 0.05) is 12.0 Å². The lowest BCUT2D eigenvalue weighted by atomic mass is 10.1. The van der Waals surface area contributed by atoms with E-state index in [1.165, 1.54) is 5.56 Å². The Morgan fingerprint density at radius 3 is 2.63 bits per heavy atom. The van der Waals surface area contributed by atoms with Crippen LogP contribution in [-0.2, 0) is 17.6 Å². The van der Waals surface area contributed by atoms with Gasteiger partial charge in [0.15, 0.2) is 0 Å². The number of carbonyl (C=O) groups is 1. The van der Waals surface area contributed by atoms with E-state index in [-0.39, 0.29) is 6.42 Å². The van der Waals surface area contributed by atoms with Gasteiger partial charge in [-0.1, -0.05) is 31.2 Å². The molecule has 2 rings (SSSR count). The van der Waals surface area contributed by atoms with E-state index >= 15 is 0 Å². The molecular formula is C14H15BrN2O2. The minimum absolute atomic E-state index is 0.0923. The SMILES string of the molecule is CCc1ccc(-c2n[nH]c(CCC(=O)O)c2Br)cc1. The summed E-state index contributed by atoms with van der Waals surface area (Å²) < 4.78 is 0.845. The number of aromatic amines is 1. The Kier molecular flexibility index (Phi) is 4.37. The smallest absolute Gasteiger partial charge is 0.303 e. The summed E-state index contributed by atoms with van der Waals surface area (Å²) in [6, 6.07) is 8.21. The largest absolute Gasteiger partial charge is 0.481 e. The first-order chi connectivity index (χ1) is 9.11. The molecule has 1 aromatic carbocycles. The fraction of sp³-hybridized carbons (Fsp3) is 0.286. The van der Waals surface area contributed by atoms with Gasteiger partial charge in [0.2, 0.25) is 0 Å². The number of hydrogen-bond acceptors (Lipinski definition) is 2. The standard InChI is InChI=1S/C14H15BrN2O2/c1-2-9-3-5-10(6-4-9)14-13(15)11(16-17-14)7-8-12(18)19/h3-6H,2,7-8H2,1H3,(H,16,17)(H,18,19). The van der Waals surface area contributed by atoms with Crippen LogP contribution in [0.5, 0.6) is 0 Å². The van der Waals surface area contributed by atoms with Gasteiger partial charge >= 0.3 is 5.97 Å². The summed E-state index contributed by atoms with van der Waals surface area (Å²) in [5.74, 6) is -0.810. The number of halogens is 1. The van der Waals surface area contributed by atoms with Crippen LogP contribution in [0.25, 0.3) is 11.3 Å². The van der Waals surface area contributed by atoms with Crippen molar-refractivity contribution in [2.75, 3.05) is 0 Å². The van der Waals surface area contributed by atoms with Crippen molar-refractivity contribution in [3.63, 3.8) is 0 Å². The minimum Gasteiger partial charge on any atom is -0.481 e. The van der Waals surface area contributed by atoms with Gasteiger partial charge in [-0.15, -0.1) is 0 Å². The van der Waals surface area contributed by atoms with Crippen LogP contribution in [0, 0.1) is 0 Å². The molecule has 0 fully saturated rings. The second kappa shape index (κ2) is 6.02. The molecule has 0 radical (unpaired) electrons. The summed E-state index contributed by atoms with van der Waals surface area (Å²) in [6.07, 6.45) is 1.54. The number of carboxylic acids is 1. The summed E-state index contributed by atoms with van der Waals surface area (Å²) in [5, 5.41) is 15.8. The first kappa shape index (κ1) is 13.8. The minimum atomic E-state index is -0.810. The number of nitrogens with one attached hydrogen (secondary N) is 1. The normalized spacial score (nSPS) is 10.6. The lowest BCUT2D eigenvalue weighted by Crippen LogP contribution is -1.98. The Hall–Kier alpha value is -1.62. The zero-order valence-electron chi connectivity index (χ0n) is 10.6. The zero-order chi connectivity index (χ0) is 13.8. The Morgan fingerprint density at radius 1 is 1.37 bits per heavy atom. The number of carboxylic acid groups (broad SMARTS) is 1. The van der Waals surface area contributed by atoms with Crippen LogP contribution in [0.15, 0.2) is 28.7 Å². The molecule has 0 amide bonds. The molecule has 2 aromatic rings. The molecule has 19 heavy (non-hydrogen) atoms. The molecule has 0 aliphatic heterocycles. The molecule has 2 N–H and O–H groups in total. The van der Waals surface area contributed by atoms with Crippen molar-refractivity contribution in [3.8, 4) is 11.3 Å². The third-order valence-corrected chi connectivity index (χ3v) is 3.85. The molecular weight excluding hydrogens is 308 g/mol. The predicted molar refractivity (Wildman–Crippen MR) is 77.1 cm³/mol. The molecule has 0 atom stereocenters. The molecule has 0 spiro atoms. The van der Waals surface area contributed by atoms with Gasteiger partial charge in [-0.3, -0.25) is 9.89 Å². The maximum atomic E-state index is 10.6. The molecule has 1 heterocycles. The van der Waals surface area contributed by atoms with Crippen molar-refractivity contribution < 1.29 is 9.90 Å². The monoisotopic (exact) mass is 322 g/mol. The Bertz CT molecular complexity index is 576.